The van der Waals surface area contributed by atoms with Gasteiger partial charge >= 0.3 is 5.97 Å². The quantitative estimate of drug-likeness (QED) is 0.902. The largest absolute Gasteiger partial charge is 0.481 e. The molecule has 0 aromatic heterocycles. The van der Waals surface area contributed by atoms with Gasteiger partial charge in [0.05, 0.1) is 24.0 Å². The van der Waals surface area contributed by atoms with E-state index in [0.29, 0.717) is 13.1 Å². The molecule has 0 unspecified atom stereocenters. The van der Waals surface area contributed by atoms with E-state index < -0.39 is 17.8 Å². The van der Waals surface area contributed by atoms with Crippen LogP contribution in [0.5, 0.6) is 0 Å². The lowest BCUT2D eigenvalue weighted by Gasteiger charge is -2.38. The van der Waals surface area contributed by atoms with Crippen LogP contribution in [0.2, 0.25) is 0 Å². The molecular weight excluding hydrogens is 308 g/mol. The van der Waals surface area contributed by atoms with Gasteiger partial charge in [0.15, 0.2) is 0 Å². The van der Waals surface area contributed by atoms with Crippen molar-refractivity contribution in [2.75, 3.05) is 31.1 Å². The van der Waals surface area contributed by atoms with Crippen molar-refractivity contribution in [1.82, 2.24) is 4.90 Å². The molecule has 4 rings (SSSR count). The zero-order chi connectivity index (χ0) is 16.7. The van der Waals surface area contributed by atoms with Crippen molar-refractivity contribution in [1.29, 1.82) is 0 Å². The van der Waals surface area contributed by atoms with E-state index in [1.807, 2.05) is 23.1 Å². The van der Waals surface area contributed by atoms with E-state index >= 15 is 0 Å². The first-order chi connectivity index (χ1) is 11.6. The molecule has 1 amide bonds. The van der Waals surface area contributed by atoms with Gasteiger partial charge in [-0.2, -0.15) is 0 Å². The highest BCUT2D eigenvalue weighted by Crippen LogP contribution is 2.44. The lowest BCUT2D eigenvalue weighted by Crippen LogP contribution is -2.53. The third-order valence-electron chi connectivity index (χ3n) is 5.56. The second-order valence-corrected chi connectivity index (χ2v) is 6.83. The molecule has 6 heteroatoms. The van der Waals surface area contributed by atoms with E-state index in [0.717, 1.165) is 31.6 Å². The van der Waals surface area contributed by atoms with E-state index in [1.54, 1.807) is 0 Å². The molecule has 1 N–H and O–H groups in total. The topological polar surface area (TPSA) is 70.1 Å². The highest BCUT2D eigenvalue weighted by molar-refractivity contribution is 5.86. The SMILES string of the molecule is O=C(O)[C@@H]1[C@H](C(=O)N2CCN(c3ccccc3)CC2)[C@H]2CC[C@@H]1O2. The van der Waals surface area contributed by atoms with Crippen LogP contribution in [0, 0.1) is 11.8 Å². The molecule has 3 aliphatic heterocycles. The highest BCUT2D eigenvalue weighted by Gasteiger charge is 2.56. The Morgan fingerprint density at radius 1 is 0.958 bits per heavy atom. The van der Waals surface area contributed by atoms with Crippen LogP contribution in [0.25, 0.3) is 0 Å². The molecule has 6 nitrogen and oxygen atoms in total. The number of hydrogen-bond donors (Lipinski definition) is 1. The molecule has 3 heterocycles. The molecule has 3 fully saturated rings. The van der Waals surface area contributed by atoms with E-state index in [1.165, 1.54) is 0 Å². The second-order valence-electron chi connectivity index (χ2n) is 6.83. The van der Waals surface area contributed by atoms with Gasteiger partial charge in [0.25, 0.3) is 0 Å². The summed E-state index contributed by atoms with van der Waals surface area (Å²) in [5, 5.41) is 9.48. The van der Waals surface area contributed by atoms with Crippen LogP contribution >= 0.6 is 0 Å². The Kier molecular flexibility index (Phi) is 3.92. The van der Waals surface area contributed by atoms with Crippen molar-refractivity contribution < 1.29 is 19.4 Å². The summed E-state index contributed by atoms with van der Waals surface area (Å²) < 4.78 is 5.72. The fourth-order valence-electron chi connectivity index (χ4n) is 4.34. The Morgan fingerprint density at radius 3 is 2.21 bits per heavy atom. The van der Waals surface area contributed by atoms with E-state index in [9.17, 15) is 14.7 Å². The van der Waals surface area contributed by atoms with Crippen molar-refractivity contribution in [2.45, 2.75) is 25.0 Å². The zero-order valence-electron chi connectivity index (χ0n) is 13.5. The van der Waals surface area contributed by atoms with Gasteiger partial charge in [-0.05, 0) is 25.0 Å². The molecule has 0 saturated carbocycles. The van der Waals surface area contributed by atoms with Crippen LogP contribution in [-0.2, 0) is 14.3 Å². The van der Waals surface area contributed by atoms with Crippen LogP contribution in [0.4, 0.5) is 5.69 Å². The zero-order valence-corrected chi connectivity index (χ0v) is 13.5. The Labute approximate surface area is 141 Å². The minimum Gasteiger partial charge on any atom is -0.481 e. The number of nitrogens with zero attached hydrogens (tertiary/aromatic N) is 2. The maximum absolute atomic E-state index is 12.9. The molecule has 0 aliphatic carbocycles. The number of benzene rings is 1. The molecule has 1 aromatic rings. The second kappa shape index (κ2) is 6.09. The average Bonchev–Trinajstić information content (AvgIpc) is 3.23. The van der Waals surface area contributed by atoms with E-state index in [-0.39, 0.29) is 18.1 Å². The summed E-state index contributed by atoms with van der Waals surface area (Å²) >= 11 is 0. The molecule has 0 radical (unpaired) electrons. The molecule has 2 bridgehead atoms. The van der Waals surface area contributed by atoms with Crippen LogP contribution in [0.3, 0.4) is 0 Å². The third kappa shape index (κ3) is 2.55. The Bertz CT molecular complexity index is 627. The number of rotatable bonds is 3. The van der Waals surface area contributed by atoms with Gasteiger partial charge in [-0.25, -0.2) is 0 Å². The number of piperazine rings is 1. The fraction of sp³-hybridized carbons (Fsp3) is 0.556. The number of amides is 1. The molecular formula is C18H22N2O4. The molecule has 128 valence electrons. The summed E-state index contributed by atoms with van der Waals surface area (Å²) in [5.41, 5.74) is 1.16. The van der Waals surface area contributed by atoms with Gasteiger partial charge in [-0.1, -0.05) is 18.2 Å². The molecule has 1 aromatic carbocycles. The molecule has 4 atom stereocenters. The number of carboxylic acid groups (broad SMARTS) is 1. The predicted molar refractivity (Wildman–Crippen MR) is 87.7 cm³/mol. The number of carbonyl (C=O) groups excluding carboxylic acids is 1. The minimum atomic E-state index is -0.900. The van der Waals surface area contributed by atoms with Gasteiger partial charge in [-0.15, -0.1) is 0 Å². The number of carbonyl (C=O) groups is 2. The number of fused-ring (bicyclic) bond motifs is 2. The highest BCUT2D eigenvalue weighted by atomic mass is 16.5. The van der Waals surface area contributed by atoms with Crippen LogP contribution in [-0.4, -0.2) is 60.3 Å². The van der Waals surface area contributed by atoms with Gasteiger partial charge in [0.2, 0.25) is 5.91 Å². The third-order valence-corrected chi connectivity index (χ3v) is 5.56. The standard InChI is InChI=1S/C18H22N2O4/c21-17(15-13-6-7-14(24-13)16(15)18(22)23)20-10-8-19(9-11-20)12-4-2-1-3-5-12/h1-5,13-16H,6-11H2,(H,22,23)/t13-,14+,15-,16+/m1/s1. The molecule has 3 aliphatic rings. The average molecular weight is 330 g/mol. The Hall–Kier alpha value is -2.08. The van der Waals surface area contributed by atoms with E-state index in [2.05, 4.69) is 17.0 Å². The van der Waals surface area contributed by atoms with Gasteiger partial charge < -0.3 is 19.6 Å². The number of ether oxygens (including phenoxy) is 1. The summed E-state index contributed by atoms with van der Waals surface area (Å²) in [6.45, 7) is 2.81. The number of anilines is 1. The lowest BCUT2D eigenvalue weighted by molar-refractivity contribution is -0.151. The summed E-state index contributed by atoms with van der Waals surface area (Å²) in [7, 11) is 0. The molecule has 24 heavy (non-hydrogen) atoms. The summed E-state index contributed by atoms with van der Waals surface area (Å²) in [5.74, 6) is -2.13. The Morgan fingerprint density at radius 2 is 1.58 bits per heavy atom. The first-order valence-corrected chi connectivity index (χ1v) is 8.62. The van der Waals surface area contributed by atoms with Crippen LogP contribution < -0.4 is 4.90 Å². The maximum Gasteiger partial charge on any atom is 0.310 e. The van der Waals surface area contributed by atoms with Crippen molar-refractivity contribution in [2.24, 2.45) is 11.8 Å². The minimum absolute atomic E-state index is 0.0395. The number of aliphatic carboxylic acids is 1. The summed E-state index contributed by atoms with van der Waals surface area (Å²) in [6.07, 6.45) is 1.06. The van der Waals surface area contributed by atoms with Crippen molar-refractivity contribution in [3.8, 4) is 0 Å². The fourth-order valence-corrected chi connectivity index (χ4v) is 4.34. The number of hydrogen-bond acceptors (Lipinski definition) is 4. The number of carboxylic acids is 1. The number of para-hydroxylation sites is 1. The lowest BCUT2D eigenvalue weighted by atomic mass is 9.78. The van der Waals surface area contributed by atoms with Crippen LogP contribution in [0.15, 0.2) is 30.3 Å². The van der Waals surface area contributed by atoms with Crippen LogP contribution in [0.1, 0.15) is 12.8 Å². The smallest absolute Gasteiger partial charge is 0.310 e. The van der Waals surface area contributed by atoms with Crippen molar-refractivity contribution >= 4 is 17.6 Å². The Balaban J connectivity index is 1.42. The summed E-state index contributed by atoms with van der Waals surface area (Å²) in [4.78, 5) is 28.6. The van der Waals surface area contributed by atoms with Crippen molar-refractivity contribution in [3.63, 3.8) is 0 Å². The normalized spacial score (nSPS) is 32.2. The summed E-state index contributed by atoms with van der Waals surface area (Å²) in [6, 6.07) is 10.2. The van der Waals surface area contributed by atoms with Gasteiger partial charge in [0.1, 0.15) is 0 Å². The molecule has 3 saturated heterocycles. The monoisotopic (exact) mass is 330 g/mol. The first-order valence-electron chi connectivity index (χ1n) is 8.62. The van der Waals surface area contributed by atoms with Crippen molar-refractivity contribution in [3.05, 3.63) is 30.3 Å². The van der Waals surface area contributed by atoms with Gasteiger partial charge in [0, 0.05) is 31.9 Å². The predicted octanol–water partition coefficient (Wildman–Crippen LogP) is 1.21. The van der Waals surface area contributed by atoms with E-state index in [4.69, 9.17) is 4.74 Å². The first kappa shape index (κ1) is 15.4. The molecule has 0 spiro atoms. The maximum atomic E-state index is 12.9. The van der Waals surface area contributed by atoms with Gasteiger partial charge in [-0.3, -0.25) is 9.59 Å².